The van der Waals surface area contributed by atoms with E-state index in [1.54, 1.807) is 12.1 Å². The van der Waals surface area contributed by atoms with Gasteiger partial charge >= 0.3 is 0 Å². The van der Waals surface area contributed by atoms with Crippen LogP contribution in [0.3, 0.4) is 0 Å². The van der Waals surface area contributed by atoms with Crippen LogP contribution in [0.25, 0.3) is 21.1 Å². The number of furan rings is 1. The first kappa shape index (κ1) is 7.70. The summed E-state index contributed by atoms with van der Waals surface area (Å²) < 4.78 is 6.31. The Bertz CT molecular complexity index is 568. The Morgan fingerprint density at radius 1 is 1.21 bits per heavy atom. The Kier molecular flexibility index (Phi) is 1.33. The number of fused-ring (bicyclic) bond motifs is 3. The Balaban J connectivity index is 2.58. The maximum Gasteiger partial charge on any atom is 0.191 e. The molecule has 0 fully saturated rings. The molecule has 0 bridgehead atoms. The summed E-state index contributed by atoms with van der Waals surface area (Å²) in [6.45, 7) is 0. The molecule has 2 heterocycles. The average Bonchev–Trinajstić information content (AvgIpc) is 2.65. The first-order valence-corrected chi connectivity index (χ1v) is 4.96. The molecule has 1 aromatic carbocycles. The lowest BCUT2D eigenvalue weighted by molar-refractivity contribution is 0.491. The van der Waals surface area contributed by atoms with Gasteiger partial charge in [-0.05, 0) is 6.07 Å². The number of aromatic hydroxyl groups is 1. The molecule has 0 spiro atoms. The summed E-state index contributed by atoms with van der Waals surface area (Å²) in [5.74, 6) is 0.403. The van der Waals surface area contributed by atoms with E-state index in [-0.39, 0.29) is 0 Å². The summed E-state index contributed by atoms with van der Waals surface area (Å²) in [7, 11) is 0. The van der Waals surface area contributed by atoms with Gasteiger partial charge in [-0.3, -0.25) is 0 Å². The van der Waals surface area contributed by atoms with Gasteiger partial charge in [0.1, 0.15) is 0 Å². The summed E-state index contributed by atoms with van der Waals surface area (Å²) in [6.07, 6.45) is 0. The highest BCUT2D eigenvalue weighted by molar-refractivity contribution is 7.21. The van der Waals surface area contributed by atoms with Gasteiger partial charge in [-0.25, -0.2) is 0 Å². The van der Waals surface area contributed by atoms with Gasteiger partial charge in [-0.2, -0.15) is 0 Å². The highest BCUT2D eigenvalue weighted by Crippen LogP contribution is 2.37. The van der Waals surface area contributed by atoms with Crippen LogP contribution in [0.5, 0.6) is 5.06 Å². The van der Waals surface area contributed by atoms with Crippen LogP contribution in [0.2, 0.25) is 0 Å². The van der Waals surface area contributed by atoms with Crippen LogP contribution in [0.15, 0.2) is 28.7 Å². The second-order valence-electron chi connectivity index (χ2n) is 3.14. The van der Waals surface area contributed by atoms with E-state index in [2.05, 4.69) is 0 Å². The van der Waals surface area contributed by atoms with Crippen molar-refractivity contribution in [1.82, 2.24) is 0 Å². The standard InChI is InChI=1S/C10H7NO2S/c11-7-3-5-1-2-6-4-8(12)14-10(6)9(5)13-7/h1-4,12H,11H2. The van der Waals surface area contributed by atoms with Crippen molar-refractivity contribution in [2.75, 3.05) is 5.73 Å². The predicted octanol–water partition coefficient (Wildman–Crippen LogP) is 2.94. The second-order valence-corrected chi connectivity index (χ2v) is 4.17. The topological polar surface area (TPSA) is 59.4 Å². The molecule has 0 saturated carbocycles. The summed E-state index contributed by atoms with van der Waals surface area (Å²) in [5, 5.41) is 11.6. The molecule has 0 aliphatic carbocycles. The van der Waals surface area contributed by atoms with Crippen molar-refractivity contribution in [3.05, 3.63) is 24.3 Å². The molecule has 4 heteroatoms. The maximum atomic E-state index is 9.37. The van der Waals surface area contributed by atoms with Crippen LogP contribution in [0, 0.1) is 0 Å². The SMILES string of the molecule is Nc1cc2ccc3cc(O)sc3c2o1. The summed E-state index contributed by atoms with van der Waals surface area (Å²) in [4.78, 5) is 0. The minimum atomic E-state index is 0.294. The first-order chi connectivity index (χ1) is 6.74. The average molecular weight is 205 g/mol. The Morgan fingerprint density at radius 2 is 2.00 bits per heavy atom. The number of thiophene rings is 1. The van der Waals surface area contributed by atoms with E-state index in [1.165, 1.54) is 11.3 Å². The molecule has 3 aromatic rings. The van der Waals surface area contributed by atoms with E-state index in [9.17, 15) is 5.11 Å². The van der Waals surface area contributed by atoms with Crippen molar-refractivity contribution >= 4 is 38.3 Å². The van der Waals surface area contributed by atoms with Gasteiger partial charge in [0, 0.05) is 16.8 Å². The number of hydrogen-bond acceptors (Lipinski definition) is 4. The van der Waals surface area contributed by atoms with Crippen LogP contribution in [0.4, 0.5) is 5.88 Å². The number of benzene rings is 1. The minimum Gasteiger partial charge on any atom is -0.499 e. The van der Waals surface area contributed by atoms with Crippen molar-refractivity contribution in [2.45, 2.75) is 0 Å². The van der Waals surface area contributed by atoms with E-state index < -0.39 is 0 Å². The molecular weight excluding hydrogens is 198 g/mol. The van der Waals surface area contributed by atoms with E-state index in [1.807, 2.05) is 12.1 Å². The molecule has 0 unspecified atom stereocenters. The lowest BCUT2D eigenvalue weighted by atomic mass is 10.2. The van der Waals surface area contributed by atoms with Gasteiger partial charge in [-0.15, -0.1) is 0 Å². The van der Waals surface area contributed by atoms with Gasteiger partial charge < -0.3 is 15.3 Å². The summed E-state index contributed by atoms with van der Waals surface area (Å²) >= 11 is 1.30. The largest absolute Gasteiger partial charge is 0.499 e. The zero-order valence-electron chi connectivity index (χ0n) is 7.15. The second kappa shape index (κ2) is 2.42. The van der Waals surface area contributed by atoms with Crippen molar-refractivity contribution < 1.29 is 9.52 Å². The van der Waals surface area contributed by atoms with Crippen molar-refractivity contribution in [1.29, 1.82) is 0 Å². The zero-order chi connectivity index (χ0) is 9.71. The fourth-order valence-corrected chi connectivity index (χ4v) is 2.49. The first-order valence-electron chi connectivity index (χ1n) is 4.14. The highest BCUT2D eigenvalue weighted by atomic mass is 32.1. The van der Waals surface area contributed by atoms with Crippen molar-refractivity contribution in [3.63, 3.8) is 0 Å². The maximum absolute atomic E-state index is 9.37. The molecule has 0 aliphatic rings. The van der Waals surface area contributed by atoms with Crippen LogP contribution in [0.1, 0.15) is 0 Å². The zero-order valence-corrected chi connectivity index (χ0v) is 7.97. The number of anilines is 1. The van der Waals surface area contributed by atoms with Crippen LogP contribution >= 0.6 is 11.3 Å². The van der Waals surface area contributed by atoms with Crippen molar-refractivity contribution in [3.8, 4) is 5.06 Å². The number of nitrogen functional groups attached to an aromatic ring is 1. The normalized spacial score (nSPS) is 11.4. The molecule has 70 valence electrons. The monoisotopic (exact) mass is 205 g/mol. The Morgan fingerprint density at radius 3 is 2.86 bits per heavy atom. The van der Waals surface area contributed by atoms with E-state index >= 15 is 0 Å². The molecule has 14 heavy (non-hydrogen) atoms. The molecule has 3 rings (SSSR count). The minimum absolute atomic E-state index is 0.294. The lowest BCUT2D eigenvalue weighted by Gasteiger charge is -1.89. The van der Waals surface area contributed by atoms with E-state index in [0.717, 1.165) is 21.1 Å². The quantitative estimate of drug-likeness (QED) is 0.593. The predicted molar refractivity (Wildman–Crippen MR) is 57.7 cm³/mol. The Labute approximate surface area is 83.4 Å². The molecule has 0 radical (unpaired) electrons. The van der Waals surface area contributed by atoms with Gasteiger partial charge in [0.15, 0.2) is 16.5 Å². The fourth-order valence-electron chi connectivity index (χ4n) is 1.60. The molecule has 0 atom stereocenters. The molecule has 0 amide bonds. The van der Waals surface area contributed by atoms with E-state index in [4.69, 9.17) is 10.2 Å². The van der Waals surface area contributed by atoms with Gasteiger partial charge in [-0.1, -0.05) is 23.5 Å². The fraction of sp³-hybridized carbons (Fsp3) is 0. The van der Waals surface area contributed by atoms with Crippen LogP contribution < -0.4 is 5.73 Å². The third-order valence-electron chi connectivity index (χ3n) is 2.18. The summed E-state index contributed by atoms with van der Waals surface area (Å²) in [5.41, 5.74) is 6.32. The van der Waals surface area contributed by atoms with Crippen LogP contribution in [-0.4, -0.2) is 5.11 Å². The molecular formula is C10H7NO2S. The third kappa shape index (κ3) is 0.914. The molecule has 2 aromatic heterocycles. The van der Waals surface area contributed by atoms with Gasteiger partial charge in [0.2, 0.25) is 0 Å². The Hall–Kier alpha value is -1.68. The van der Waals surface area contributed by atoms with Crippen LogP contribution in [-0.2, 0) is 0 Å². The number of nitrogens with two attached hydrogens (primary N) is 1. The van der Waals surface area contributed by atoms with Gasteiger partial charge in [0.25, 0.3) is 0 Å². The molecule has 0 saturated heterocycles. The summed E-state index contributed by atoms with van der Waals surface area (Å²) in [6, 6.07) is 7.39. The van der Waals surface area contributed by atoms with Crippen molar-refractivity contribution in [2.24, 2.45) is 0 Å². The lowest BCUT2D eigenvalue weighted by Crippen LogP contribution is -1.75. The molecule has 0 aliphatic heterocycles. The van der Waals surface area contributed by atoms with E-state index in [0.29, 0.717) is 10.9 Å². The third-order valence-corrected chi connectivity index (χ3v) is 3.13. The highest BCUT2D eigenvalue weighted by Gasteiger charge is 2.08. The smallest absolute Gasteiger partial charge is 0.191 e. The molecule has 3 N–H and O–H groups in total. The molecule has 3 nitrogen and oxygen atoms in total. The number of rotatable bonds is 0. The van der Waals surface area contributed by atoms with Gasteiger partial charge in [0.05, 0.1) is 4.70 Å². The number of hydrogen-bond donors (Lipinski definition) is 2.